The molecule has 0 bridgehead atoms. The summed E-state index contributed by atoms with van der Waals surface area (Å²) in [4.78, 5) is 0. The van der Waals surface area contributed by atoms with Gasteiger partial charge in [0.15, 0.2) is 0 Å². The minimum atomic E-state index is -4.72. The van der Waals surface area contributed by atoms with E-state index in [0.717, 1.165) is 12.1 Å². The monoisotopic (exact) mass is 386 g/mol. The van der Waals surface area contributed by atoms with Crippen LogP contribution in [0.1, 0.15) is 16.7 Å². The van der Waals surface area contributed by atoms with Crippen molar-refractivity contribution < 1.29 is 23.0 Å². The first kappa shape index (κ1) is 20.6. The maximum Gasteiger partial charge on any atom is 0.417 e. The van der Waals surface area contributed by atoms with Crippen LogP contribution in [0, 0.1) is 34.0 Å². The van der Waals surface area contributed by atoms with E-state index >= 15 is 0 Å². The minimum Gasteiger partial charge on any atom is -0.489 e. The van der Waals surface area contributed by atoms with Crippen molar-refractivity contribution in [3.63, 3.8) is 0 Å². The molecule has 6 nitrogen and oxygen atoms in total. The maximum absolute atomic E-state index is 13.0. The number of ether oxygens (including phenoxy) is 1. The van der Waals surface area contributed by atoms with Gasteiger partial charge in [0.25, 0.3) is 0 Å². The van der Waals surface area contributed by atoms with Gasteiger partial charge in [-0.3, -0.25) is 0 Å². The first-order chi connectivity index (χ1) is 13.2. The lowest BCUT2D eigenvalue weighted by Crippen LogP contribution is -2.41. The normalized spacial score (nSPS) is 12.8. The van der Waals surface area contributed by atoms with E-state index in [0.29, 0.717) is 11.3 Å². The first-order valence-corrected chi connectivity index (χ1v) is 7.82. The van der Waals surface area contributed by atoms with Crippen molar-refractivity contribution in [2.45, 2.75) is 11.8 Å². The molecule has 0 heterocycles. The Balaban J connectivity index is 2.07. The van der Waals surface area contributed by atoms with Gasteiger partial charge in [0, 0.05) is 5.69 Å². The second-order valence-electron chi connectivity index (χ2n) is 5.79. The molecule has 1 atom stereocenters. The number of hydrogen-bond acceptors (Lipinski definition) is 6. The zero-order valence-corrected chi connectivity index (χ0v) is 14.3. The van der Waals surface area contributed by atoms with Crippen molar-refractivity contribution >= 4 is 5.69 Å². The Kier molecular flexibility index (Phi) is 6.10. The molecule has 0 saturated heterocycles. The van der Waals surface area contributed by atoms with E-state index in [1.54, 1.807) is 6.07 Å². The van der Waals surface area contributed by atoms with E-state index in [2.05, 4.69) is 5.32 Å². The van der Waals surface area contributed by atoms with Crippen molar-refractivity contribution in [1.29, 1.82) is 15.8 Å². The van der Waals surface area contributed by atoms with Gasteiger partial charge in [-0.2, -0.15) is 29.0 Å². The Bertz CT molecular complexity index is 969. The molecule has 9 heteroatoms. The molecule has 1 unspecified atom stereocenters. The molecule has 2 aromatic carbocycles. The number of nitrogens with zero attached hydrogens (tertiary/aromatic N) is 3. The molecule has 2 rings (SSSR count). The summed E-state index contributed by atoms with van der Waals surface area (Å²) in [5, 5.41) is 39.6. The summed E-state index contributed by atoms with van der Waals surface area (Å²) in [5.74, 6) is 0.311. The van der Waals surface area contributed by atoms with Crippen molar-refractivity contribution in [3.05, 3.63) is 59.2 Å². The number of benzene rings is 2. The summed E-state index contributed by atoms with van der Waals surface area (Å²) in [6, 6.07) is 14.0. The summed E-state index contributed by atoms with van der Waals surface area (Å²) in [6.07, 6.45) is -4.72. The van der Waals surface area contributed by atoms with Crippen LogP contribution in [-0.2, 0) is 6.18 Å². The molecular weight excluding hydrogens is 373 g/mol. The molecule has 2 aromatic rings. The van der Waals surface area contributed by atoms with E-state index in [1.807, 2.05) is 6.07 Å². The van der Waals surface area contributed by atoms with Crippen LogP contribution in [0.25, 0.3) is 0 Å². The Morgan fingerprint density at radius 2 is 1.68 bits per heavy atom. The lowest BCUT2D eigenvalue weighted by molar-refractivity contribution is -0.137. The minimum absolute atomic E-state index is 0.0154. The maximum atomic E-state index is 13.0. The van der Waals surface area contributed by atoms with E-state index in [1.165, 1.54) is 36.4 Å². The standard InChI is InChI=1S/C19H13F3N4O2/c20-19(21,22)17-7-15(4-3-14(17)9-24)26-11-18(27,10-25)12-28-16-5-1-13(8-23)2-6-16/h1-7,26-27H,11-12H2. The number of nitrogens with one attached hydrogen (secondary N) is 1. The molecule has 2 N–H and O–H groups in total. The predicted octanol–water partition coefficient (Wildman–Crippen LogP) is 3.19. The summed E-state index contributed by atoms with van der Waals surface area (Å²) < 4.78 is 44.3. The van der Waals surface area contributed by atoms with Gasteiger partial charge in [-0.25, -0.2) is 0 Å². The Hall–Kier alpha value is -3.74. The zero-order chi connectivity index (χ0) is 20.8. The van der Waals surface area contributed by atoms with Crippen molar-refractivity contribution in [2.24, 2.45) is 0 Å². The number of rotatable bonds is 6. The highest BCUT2D eigenvalue weighted by molar-refractivity contribution is 5.53. The van der Waals surface area contributed by atoms with Gasteiger partial charge in [0.1, 0.15) is 18.4 Å². The van der Waals surface area contributed by atoms with Crippen molar-refractivity contribution in [2.75, 3.05) is 18.5 Å². The van der Waals surface area contributed by atoms with Gasteiger partial charge in [-0.1, -0.05) is 0 Å². The molecule has 0 fully saturated rings. The number of nitriles is 3. The highest BCUT2D eigenvalue weighted by Gasteiger charge is 2.34. The Labute approximate surface area is 158 Å². The summed E-state index contributed by atoms with van der Waals surface area (Å²) in [6.45, 7) is -0.867. The molecule has 0 aliphatic rings. The second kappa shape index (κ2) is 8.30. The Morgan fingerprint density at radius 1 is 1.00 bits per heavy atom. The molecule has 0 aliphatic heterocycles. The quantitative estimate of drug-likeness (QED) is 0.737. The predicted molar refractivity (Wildman–Crippen MR) is 91.9 cm³/mol. The number of hydrogen-bond donors (Lipinski definition) is 2. The fourth-order valence-electron chi connectivity index (χ4n) is 2.19. The average molecular weight is 386 g/mol. The van der Waals surface area contributed by atoms with E-state index in [-0.39, 0.29) is 5.69 Å². The van der Waals surface area contributed by atoms with Gasteiger partial charge >= 0.3 is 6.18 Å². The molecule has 0 aromatic heterocycles. The molecular formula is C19H13F3N4O2. The Morgan fingerprint density at radius 3 is 2.21 bits per heavy atom. The van der Waals surface area contributed by atoms with E-state index < -0.39 is 36.1 Å². The van der Waals surface area contributed by atoms with Gasteiger partial charge in [0.2, 0.25) is 5.60 Å². The SMILES string of the molecule is N#Cc1ccc(OCC(O)(C#N)CNc2ccc(C#N)c(C(F)(F)F)c2)cc1. The molecule has 0 amide bonds. The zero-order valence-electron chi connectivity index (χ0n) is 14.3. The van der Waals surface area contributed by atoms with Crippen molar-refractivity contribution in [3.8, 4) is 24.0 Å². The molecule has 0 spiro atoms. The van der Waals surface area contributed by atoms with Crippen molar-refractivity contribution in [1.82, 2.24) is 0 Å². The largest absolute Gasteiger partial charge is 0.489 e. The number of alkyl halides is 3. The number of anilines is 1. The first-order valence-electron chi connectivity index (χ1n) is 7.82. The molecule has 0 radical (unpaired) electrons. The van der Waals surface area contributed by atoms with Crippen LogP contribution >= 0.6 is 0 Å². The molecule has 142 valence electrons. The third-order valence-corrected chi connectivity index (χ3v) is 3.70. The highest BCUT2D eigenvalue weighted by Crippen LogP contribution is 2.33. The van der Waals surface area contributed by atoms with Crippen LogP contribution in [0.15, 0.2) is 42.5 Å². The fourth-order valence-corrected chi connectivity index (χ4v) is 2.19. The average Bonchev–Trinajstić information content (AvgIpc) is 2.70. The van der Waals surface area contributed by atoms with Gasteiger partial charge < -0.3 is 15.2 Å². The van der Waals surface area contributed by atoms with Gasteiger partial charge in [-0.05, 0) is 42.5 Å². The number of halogens is 3. The lowest BCUT2D eigenvalue weighted by atomic mass is 10.1. The lowest BCUT2D eigenvalue weighted by Gasteiger charge is -2.22. The topological polar surface area (TPSA) is 113 Å². The van der Waals surface area contributed by atoms with Crippen LogP contribution in [-0.4, -0.2) is 23.9 Å². The number of aliphatic hydroxyl groups is 1. The van der Waals surface area contributed by atoms with Gasteiger partial charge in [0.05, 0.1) is 35.4 Å². The van der Waals surface area contributed by atoms with Crippen LogP contribution in [0.2, 0.25) is 0 Å². The third kappa shape index (κ3) is 5.14. The van der Waals surface area contributed by atoms with E-state index in [4.69, 9.17) is 15.3 Å². The fraction of sp³-hybridized carbons (Fsp3) is 0.211. The van der Waals surface area contributed by atoms with Gasteiger partial charge in [-0.15, -0.1) is 0 Å². The molecule has 28 heavy (non-hydrogen) atoms. The van der Waals surface area contributed by atoms with Crippen LogP contribution in [0.3, 0.4) is 0 Å². The summed E-state index contributed by atoms with van der Waals surface area (Å²) in [7, 11) is 0. The smallest absolute Gasteiger partial charge is 0.417 e. The molecule has 0 aliphatic carbocycles. The highest BCUT2D eigenvalue weighted by atomic mass is 19.4. The van der Waals surface area contributed by atoms with E-state index in [9.17, 15) is 23.5 Å². The van der Waals surface area contributed by atoms with Crippen LogP contribution < -0.4 is 10.1 Å². The van der Waals surface area contributed by atoms with Crippen LogP contribution in [0.4, 0.5) is 18.9 Å². The molecule has 0 saturated carbocycles. The van der Waals surface area contributed by atoms with Crippen LogP contribution in [0.5, 0.6) is 5.75 Å². The summed E-state index contributed by atoms with van der Waals surface area (Å²) in [5.41, 5.74) is -3.28. The third-order valence-electron chi connectivity index (χ3n) is 3.70. The second-order valence-corrected chi connectivity index (χ2v) is 5.79. The summed E-state index contributed by atoms with van der Waals surface area (Å²) >= 11 is 0.